The zero-order valence-corrected chi connectivity index (χ0v) is 8.69. The van der Waals surface area contributed by atoms with Gasteiger partial charge in [0.2, 0.25) is 5.85 Å². The second-order valence-electron chi connectivity index (χ2n) is 2.92. The molecule has 0 aromatic rings. The topological polar surface area (TPSA) is 61.8 Å². The third-order valence-corrected chi connectivity index (χ3v) is 4.17. The molecule has 1 aliphatic rings. The van der Waals surface area contributed by atoms with Crippen LogP contribution in [0.5, 0.6) is 0 Å². The summed E-state index contributed by atoms with van der Waals surface area (Å²) in [5.41, 5.74) is 0. The van der Waals surface area contributed by atoms with Gasteiger partial charge in [-0.05, 0) is 13.8 Å². The van der Waals surface area contributed by atoms with Crippen LogP contribution in [0.25, 0.3) is 0 Å². The van der Waals surface area contributed by atoms with E-state index in [1.54, 1.807) is 13.8 Å². The van der Waals surface area contributed by atoms with Crippen molar-refractivity contribution in [3.05, 3.63) is 0 Å². The molecule has 0 aromatic heterocycles. The lowest BCUT2D eigenvalue weighted by Gasteiger charge is -2.14. The first-order valence-corrected chi connectivity index (χ1v) is 5.59. The summed E-state index contributed by atoms with van der Waals surface area (Å²) in [5.74, 6) is -1.11. The van der Waals surface area contributed by atoms with Crippen molar-refractivity contribution in [3.63, 3.8) is 0 Å². The van der Waals surface area contributed by atoms with Crippen LogP contribution >= 0.6 is 7.60 Å². The van der Waals surface area contributed by atoms with Crippen LogP contribution in [0.15, 0.2) is 0 Å². The van der Waals surface area contributed by atoms with Crippen LogP contribution in [0, 0.1) is 0 Å². The predicted octanol–water partition coefficient (Wildman–Crippen LogP) is 1.17. The highest BCUT2D eigenvalue weighted by atomic mass is 31.2. The SMILES string of the molecule is COC(C=O)P1(=O)OC(C)C(C)O1. The molecule has 1 rings (SSSR count). The number of rotatable bonds is 3. The molecule has 0 aromatic carbocycles. The van der Waals surface area contributed by atoms with Gasteiger partial charge in [-0.15, -0.1) is 0 Å². The van der Waals surface area contributed by atoms with Crippen molar-refractivity contribution in [2.75, 3.05) is 7.11 Å². The van der Waals surface area contributed by atoms with Crippen molar-refractivity contribution < 1.29 is 23.1 Å². The molecule has 1 aliphatic heterocycles. The molecule has 0 aliphatic carbocycles. The van der Waals surface area contributed by atoms with Gasteiger partial charge in [0.15, 0.2) is 6.29 Å². The Hall–Kier alpha value is -0.220. The average Bonchev–Trinajstić information content (AvgIpc) is 2.29. The van der Waals surface area contributed by atoms with E-state index in [0.717, 1.165) is 0 Å². The molecular formula is C7H13O5P. The minimum absolute atomic E-state index is 0.275. The summed E-state index contributed by atoms with van der Waals surface area (Å²) in [6, 6.07) is 0. The quantitative estimate of drug-likeness (QED) is 0.514. The van der Waals surface area contributed by atoms with E-state index in [4.69, 9.17) is 13.8 Å². The molecule has 76 valence electrons. The Bertz CT molecular complexity index is 227. The van der Waals surface area contributed by atoms with Crippen LogP contribution in [0.4, 0.5) is 0 Å². The molecule has 1 saturated heterocycles. The maximum atomic E-state index is 11.8. The van der Waals surface area contributed by atoms with E-state index in [9.17, 15) is 9.36 Å². The lowest BCUT2D eigenvalue weighted by Crippen LogP contribution is -2.13. The zero-order chi connectivity index (χ0) is 10.1. The molecule has 0 radical (unpaired) electrons. The van der Waals surface area contributed by atoms with Gasteiger partial charge in [0, 0.05) is 7.11 Å². The lowest BCUT2D eigenvalue weighted by molar-refractivity contribution is -0.113. The number of hydrogen-bond donors (Lipinski definition) is 0. The predicted molar refractivity (Wildman–Crippen MR) is 45.6 cm³/mol. The first-order chi connectivity index (χ1) is 6.03. The number of hydrogen-bond acceptors (Lipinski definition) is 5. The van der Waals surface area contributed by atoms with E-state index in [1.165, 1.54) is 7.11 Å². The average molecular weight is 208 g/mol. The first kappa shape index (κ1) is 10.9. The van der Waals surface area contributed by atoms with E-state index in [0.29, 0.717) is 6.29 Å². The summed E-state index contributed by atoms with van der Waals surface area (Å²) in [5, 5.41) is 0. The van der Waals surface area contributed by atoms with Gasteiger partial charge < -0.3 is 13.8 Å². The van der Waals surface area contributed by atoms with Gasteiger partial charge in [-0.2, -0.15) is 0 Å². The smallest absolute Gasteiger partial charge is 0.362 e. The molecule has 0 amide bonds. The van der Waals surface area contributed by atoms with E-state index in [2.05, 4.69) is 0 Å². The zero-order valence-electron chi connectivity index (χ0n) is 7.80. The Kier molecular flexibility index (Phi) is 3.24. The van der Waals surface area contributed by atoms with E-state index in [1.807, 2.05) is 0 Å². The Labute approximate surface area is 76.9 Å². The van der Waals surface area contributed by atoms with Crippen molar-refractivity contribution in [1.29, 1.82) is 0 Å². The maximum absolute atomic E-state index is 11.8. The minimum Gasteiger partial charge on any atom is -0.362 e. The Morgan fingerprint density at radius 3 is 2.15 bits per heavy atom. The third kappa shape index (κ3) is 1.99. The third-order valence-electron chi connectivity index (χ3n) is 1.96. The van der Waals surface area contributed by atoms with Gasteiger partial charge in [0.05, 0.1) is 12.2 Å². The van der Waals surface area contributed by atoms with E-state index in [-0.39, 0.29) is 12.2 Å². The Balaban J connectivity index is 2.79. The molecule has 3 atom stereocenters. The second kappa shape index (κ2) is 3.88. The monoisotopic (exact) mass is 208 g/mol. The Morgan fingerprint density at radius 2 is 1.85 bits per heavy atom. The summed E-state index contributed by atoms with van der Waals surface area (Å²) >= 11 is 0. The summed E-state index contributed by atoms with van der Waals surface area (Å²) in [6.45, 7) is 3.48. The van der Waals surface area contributed by atoms with Gasteiger partial charge in [0.25, 0.3) is 0 Å². The fraction of sp³-hybridized carbons (Fsp3) is 0.857. The summed E-state index contributed by atoms with van der Waals surface area (Å²) in [6.07, 6.45) is -0.113. The van der Waals surface area contributed by atoms with Gasteiger partial charge in [-0.3, -0.25) is 9.36 Å². The number of ether oxygens (including phenoxy) is 1. The summed E-state index contributed by atoms with van der Waals surface area (Å²) < 4.78 is 26.7. The van der Waals surface area contributed by atoms with E-state index < -0.39 is 13.4 Å². The second-order valence-corrected chi connectivity index (χ2v) is 4.93. The largest absolute Gasteiger partial charge is 0.367 e. The number of carbonyl (C=O) groups is 1. The van der Waals surface area contributed by atoms with Crippen LogP contribution in [-0.2, 0) is 23.1 Å². The first-order valence-electron chi connectivity index (χ1n) is 3.98. The number of aldehydes is 1. The standard InChI is InChI=1S/C7H13O5P/c1-5-6(2)12-13(9,11-5)7(4-8)10-3/h4-7H,1-3H3. The highest BCUT2D eigenvalue weighted by Gasteiger charge is 2.46. The van der Waals surface area contributed by atoms with Gasteiger partial charge in [0.1, 0.15) is 0 Å². The normalized spacial score (nSPS) is 41.8. The molecule has 13 heavy (non-hydrogen) atoms. The summed E-state index contributed by atoms with van der Waals surface area (Å²) in [4.78, 5) is 10.5. The van der Waals surface area contributed by atoms with E-state index >= 15 is 0 Å². The van der Waals surface area contributed by atoms with Crippen molar-refractivity contribution in [2.24, 2.45) is 0 Å². The highest BCUT2D eigenvalue weighted by Crippen LogP contribution is 2.59. The molecule has 0 spiro atoms. The maximum Gasteiger partial charge on any atom is 0.367 e. The molecule has 5 nitrogen and oxygen atoms in total. The van der Waals surface area contributed by atoms with Gasteiger partial charge in [-0.25, -0.2) is 0 Å². The Morgan fingerprint density at radius 1 is 1.38 bits per heavy atom. The fourth-order valence-electron chi connectivity index (χ4n) is 1.04. The number of carbonyl (C=O) groups excluding carboxylic acids is 1. The molecule has 6 heteroatoms. The van der Waals surface area contributed by atoms with Crippen molar-refractivity contribution in [2.45, 2.75) is 31.9 Å². The molecule has 0 bridgehead atoms. The van der Waals surface area contributed by atoms with Crippen molar-refractivity contribution in [3.8, 4) is 0 Å². The number of methoxy groups -OCH3 is 1. The van der Waals surface area contributed by atoms with Gasteiger partial charge in [-0.1, -0.05) is 0 Å². The molecule has 1 heterocycles. The lowest BCUT2D eigenvalue weighted by atomic mass is 10.3. The van der Waals surface area contributed by atoms with Crippen molar-refractivity contribution in [1.82, 2.24) is 0 Å². The molecule has 3 unspecified atom stereocenters. The molecule has 0 saturated carbocycles. The van der Waals surface area contributed by atoms with Crippen LogP contribution in [-0.4, -0.2) is 31.4 Å². The highest BCUT2D eigenvalue weighted by molar-refractivity contribution is 7.55. The fourth-order valence-corrected chi connectivity index (χ4v) is 3.01. The van der Waals surface area contributed by atoms with Crippen LogP contribution < -0.4 is 0 Å². The van der Waals surface area contributed by atoms with Crippen LogP contribution in [0.1, 0.15) is 13.8 Å². The molecule has 1 fully saturated rings. The van der Waals surface area contributed by atoms with Crippen LogP contribution in [0.2, 0.25) is 0 Å². The molecular weight excluding hydrogens is 195 g/mol. The minimum atomic E-state index is -3.38. The van der Waals surface area contributed by atoms with Gasteiger partial charge >= 0.3 is 7.60 Å². The van der Waals surface area contributed by atoms with Crippen molar-refractivity contribution >= 4 is 13.9 Å². The summed E-state index contributed by atoms with van der Waals surface area (Å²) in [7, 11) is -2.09. The van der Waals surface area contributed by atoms with Crippen LogP contribution in [0.3, 0.4) is 0 Å². The molecule has 0 N–H and O–H groups in total.